The van der Waals surface area contributed by atoms with Gasteiger partial charge in [-0.1, -0.05) is 0 Å². The number of hydrogen-bond donors (Lipinski definition) is 0. The SMILES string of the molecule is N#CCc1nc2cccnc2o1. The first-order valence-corrected chi connectivity index (χ1v) is 3.47. The summed E-state index contributed by atoms with van der Waals surface area (Å²) >= 11 is 0. The van der Waals surface area contributed by atoms with Crippen LogP contribution in [0.3, 0.4) is 0 Å². The quantitative estimate of drug-likeness (QED) is 0.628. The molecule has 0 radical (unpaired) electrons. The summed E-state index contributed by atoms with van der Waals surface area (Å²) in [6.07, 6.45) is 1.82. The smallest absolute Gasteiger partial charge is 0.246 e. The second kappa shape index (κ2) is 2.62. The van der Waals surface area contributed by atoms with Crippen LogP contribution in [-0.2, 0) is 6.42 Å². The lowest BCUT2D eigenvalue weighted by atomic mass is 10.4. The lowest BCUT2D eigenvalue weighted by molar-refractivity contribution is 0.539. The monoisotopic (exact) mass is 159 g/mol. The second-order valence-electron chi connectivity index (χ2n) is 2.27. The Morgan fingerprint density at radius 2 is 2.50 bits per heavy atom. The third kappa shape index (κ3) is 1.01. The zero-order chi connectivity index (χ0) is 8.39. The van der Waals surface area contributed by atoms with Crippen molar-refractivity contribution in [3.63, 3.8) is 0 Å². The highest BCUT2D eigenvalue weighted by Crippen LogP contribution is 2.11. The van der Waals surface area contributed by atoms with Crippen molar-refractivity contribution in [2.75, 3.05) is 0 Å². The molecule has 0 amide bonds. The van der Waals surface area contributed by atoms with Crippen molar-refractivity contribution in [3.05, 3.63) is 24.2 Å². The van der Waals surface area contributed by atoms with Crippen molar-refractivity contribution in [3.8, 4) is 6.07 Å². The van der Waals surface area contributed by atoms with Crippen LogP contribution in [-0.4, -0.2) is 9.97 Å². The van der Waals surface area contributed by atoms with E-state index >= 15 is 0 Å². The highest BCUT2D eigenvalue weighted by molar-refractivity contribution is 5.67. The van der Waals surface area contributed by atoms with Gasteiger partial charge >= 0.3 is 0 Å². The fraction of sp³-hybridized carbons (Fsp3) is 0.125. The molecule has 4 heteroatoms. The van der Waals surface area contributed by atoms with Crippen LogP contribution in [0, 0.1) is 11.3 Å². The lowest BCUT2D eigenvalue weighted by Gasteiger charge is -1.79. The zero-order valence-corrected chi connectivity index (χ0v) is 6.19. The van der Waals surface area contributed by atoms with Gasteiger partial charge in [0, 0.05) is 6.20 Å². The minimum absolute atomic E-state index is 0.191. The van der Waals surface area contributed by atoms with Gasteiger partial charge in [0.05, 0.1) is 6.07 Å². The highest BCUT2D eigenvalue weighted by Gasteiger charge is 2.03. The Morgan fingerprint density at radius 3 is 3.25 bits per heavy atom. The molecule has 0 aliphatic rings. The summed E-state index contributed by atoms with van der Waals surface area (Å²) in [4.78, 5) is 8.00. The Hall–Kier alpha value is -1.89. The third-order valence-corrected chi connectivity index (χ3v) is 1.44. The molecular formula is C8H5N3O. The summed E-state index contributed by atoms with van der Waals surface area (Å²) in [7, 11) is 0. The first-order valence-electron chi connectivity index (χ1n) is 3.47. The van der Waals surface area contributed by atoms with E-state index in [1.807, 2.05) is 6.07 Å². The maximum absolute atomic E-state index is 8.37. The van der Waals surface area contributed by atoms with Crippen LogP contribution in [0.25, 0.3) is 11.2 Å². The molecule has 58 valence electrons. The molecule has 0 unspecified atom stereocenters. The summed E-state index contributed by atoms with van der Waals surface area (Å²) in [6.45, 7) is 0. The van der Waals surface area contributed by atoms with Crippen LogP contribution in [0.2, 0.25) is 0 Å². The Labute approximate surface area is 68.5 Å². The minimum atomic E-state index is 0.191. The van der Waals surface area contributed by atoms with Gasteiger partial charge in [-0.2, -0.15) is 5.26 Å². The van der Waals surface area contributed by atoms with E-state index in [1.54, 1.807) is 18.3 Å². The van der Waals surface area contributed by atoms with E-state index in [0.29, 0.717) is 17.1 Å². The van der Waals surface area contributed by atoms with Crippen molar-refractivity contribution in [1.29, 1.82) is 5.26 Å². The van der Waals surface area contributed by atoms with Gasteiger partial charge in [-0.3, -0.25) is 0 Å². The number of fused-ring (bicyclic) bond motifs is 1. The molecule has 2 rings (SSSR count). The standard InChI is InChI=1S/C8H5N3O/c9-4-3-7-11-6-2-1-5-10-8(6)12-7/h1-2,5H,3H2. The summed E-state index contributed by atoms with van der Waals surface area (Å²) in [5.74, 6) is 0.422. The van der Waals surface area contributed by atoms with E-state index in [-0.39, 0.29) is 6.42 Å². The fourth-order valence-electron chi connectivity index (χ4n) is 0.958. The predicted molar refractivity (Wildman–Crippen MR) is 41.1 cm³/mol. The van der Waals surface area contributed by atoms with Gasteiger partial charge in [-0.25, -0.2) is 9.97 Å². The first kappa shape index (κ1) is 6.80. The minimum Gasteiger partial charge on any atom is -0.421 e. The van der Waals surface area contributed by atoms with Crippen LogP contribution < -0.4 is 0 Å². The summed E-state index contributed by atoms with van der Waals surface area (Å²) in [6, 6.07) is 5.54. The van der Waals surface area contributed by atoms with E-state index in [0.717, 1.165) is 0 Å². The molecule has 0 atom stereocenters. The molecule has 2 heterocycles. The van der Waals surface area contributed by atoms with Crippen molar-refractivity contribution in [2.24, 2.45) is 0 Å². The Balaban J connectivity index is 2.56. The molecule has 0 aliphatic carbocycles. The van der Waals surface area contributed by atoms with Gasteiger partial charge in [0.25, 0.3) is 0 Å². The number of oxazole rings is 1. The number of hydrogen-bond acceptors (Lipinski definition) is 4. The Kier molecular flexibility index (Phi) is 1.49. The van der Waals surface area contributed by atoms with Crippen LogP contribution >= 0.6 is 0 Å². The third-order valence-electron chi connectivity index (χ3n) is 1.44. The highest BCUT2D eigenvalue weighted by atomic mass is 16.4. The molecule has 0 aromatic carbocycles. The van der Waals surface area contributed by atoms with E-state index in [2.05, 4.69) is 9.97 Å². The maximum atomic E-state index is 8.37. The maximum Gasteiger partial charge on any atom is 0.246 e. The second-order valence-corrected chi connectivity index (χ2v) is 2.27. The Morgan fingerprint density at radius 1 is 1.58 bits per heavy atom. The van der Waals surface area contributed by atoms with E-state index in [4.69, 9.17) is 9.68 Å². The van der Waals surface area contributed by atoms with Crippen LogP contribution in [0.4, 0.5) is 0 Å². The van der Waals surface area contributed by atoms with Gasteiger partial charge in [0.1, 0.15) is 11.9 Å². The van der Waals surface area contributed by atoms with Crippen LogP contribution in [0.5, 0.6) is 0 Å². The van der Waals surface area contributed by atoms with Crippen LogP contribution in [0.1, 0.15) is 5.89 Å². The lowest BCUT2D eigenvalue weighted by Crippen LogP contribution is -1.77. The first-order chi connectivity index (χ1) is 5.90. The molecule has 0 fully saturated rings. The zero-order valence-electron chi connectivity index (χ0n) is 6.19. The predicted octanol–water partition coefficient (Wildman–Crippen LogP) is 1.29. The molecule has 0 bridgehead atoms. The number of rotatable bonds is 1. The summed E-state index contributed by atoms with van der Waals surface area (Å²) in [5.41, 5.74) is 1.19. The average Bonchev–Trinajstić information content (AvgIpc) is 2.47. The molecule has 0 saturated carbocycles. The van der Waals surface area contributed by atoms with Gasteiger partial charge in [0.15, 0.2) is 0 Å². The number of pyridine rings is 1. The molecule has 0 N–H and O–H groups in total. The molecule has 0 aliphatic heterocycles. The number of nitriles is 1. The van der Waals surface area contributed by atoms with Crippen molar-refractivity contribution < 1.29 is 4.42 Å². The molecule has 2 aromatic heterocycles. The molecule has 0 spiro atoms. The van der Waals surface area contributed by atoms with Gasteiger partial charge in [-0.05, 0) is 12.1 Å². The normalized spacial score (nSPS) is 9.92. The molecule has 0 saturated heterocycles. The van der Waals surface area contributed by atoms with Gasteiger partial charge < -0.3 is 4.42 Å². The number of aromatic nitrogens is 2. The molecule has 2 aromatic rings. The van der Waals surface area contributed by atoms with E-state index in [1.165, 1.54) is 0 Å². The molecule has 12 heavy (non-hydrogen) atoms. The molecule has 4 nitrogen and oxygen atoms in total. The topological polar surface area (TPSA) is 62.7 Å². The molecular weight excluding hydrogens is 154 g/mol. The summed E-state index contributed by atoms with van der Waals surface area (Å²) < 4.78 is 5.16. The average molecular weight is 159 g/mol. The van der Waals surface area contributed by atoms with Gasteiger partial charge in [-0.15, -0.1) is 0 Å². The largest absolute Gasteiger partial charge is 0.421 e. The van der Waals surface area contributed by atoms with Gasteiger partial charge in [0.2, 0.25) is 11.6 Å². The van der Waals surface area contributed by atoms with Crippen molar-refractivity contribution in [2.45, 2.75) is 6.42 Å². The fourth-order valence-corrected chi connectivity index (χ4v) is 0.958. The van der Waals surface area contributed by atoms with E-state index < -0.39 is 0 Å². The Bertz CT molecular complexity index is 408. The van der Waals surface area contributed by atoms with Crippen molar-refractivity contribution in [1.82, 2.24) is 9.97 Å². The number of nitrogens with zero attached hydrogens (tertiary/aromatic N) is 3. The van der Waals surface area contributed by atoms with Crippen molar-refractivity contribution >= 4 is 11.2 Å². The van der Waals surface area contributed by atoms with E-state index in [9.17, 15) is 0 Å². The van der Waals surface area contributed by atoms with Crippen LogP contribution in [0.15, 0.2) is 22.7 Å². The summed E-state index contributed by atoms with van der Waals surface area (Å²) in [5, 5.41) is 8.37.